The van der Waals surface area contributed by atoms with E-state index in [1.54, 1.807) is 18.2 Å². The van der Waals surface area contributed by atoms with Crippen molar-refractivity contribution in [3.63, 3.8) is 0 Å². The number of nitrogens with one attached hydrogen (secondary N) is 1. The molecule has 166 valence electrons. The summed E-state index contributed by atoms with van der Waals surface area (Å²) >= 11 is 5.99. The molecule has 0 atom stereocenters. The zero-order chi connectivity index (χ0) is 23.4. The van der Waals surface area contributed by atoms with E-state index in [2.05, 4.69) is 14.7 Å². The average molecular weight is 459 g/mol. The quantitative estimate of drug-likeness (QED) is 0.326. The molecule has 1 aromatic heterocycles. The molecule has 1 amide bonds. The normalized spacial score (nSPS) is 10.7. The summed E-state index contributed by atoms with van der Waals surface area (Å²) < 4.78 is 4.63. The van der Waals surface area contributed by atoms with Crippen LogP contribution in [0.15, 0.2) is 41.2 Å². The van der Waals surface area contributed by atoms with Gasteiger partial charge in [-0.2, -0.15) is 0 Å². The first-order valence-corrected chi connectivity index (χ1v) is 9.96. The zero-order valence-electron chi connectivity index (χ0n) is 17.3. The third-order valence-corrected chi connectivity index (χ3v) is 4.87. The summed E-state index contributed by atoms with van der Waals surface area (Å²) in [7, 11) is 1.14. The van der Waals surface area contributed by atoms with E-state index in [0.29, 0.717) is 22.3 Å². The van der Waals surface area contributed by atoms with Crippen molar-refractivity contribution in [1.82, 2.24) is 14.9 Å². The molecule has 1 heterocycles. The van der Waals surface area contributed by atoms with E-state index in [4.69, 9.17) is 11.6 Å². The van der Waals surface area contributed by atoms with Crippen LogP contribution >= 0.6 is 11.6 Å². The molecule has 2 aromatic carbocycles. The molecule has 0 saturated carbocycles. The van der Waals surface area contributed by atoms with Crippen LogP contribution in [0.4, 0.5) is 5.69 Å². The van der Waals surface area contributed by atoms with Gasteiger partial charge in [-0.1, -0.05) is 18.5 Å². The van der Waals surface area contributed by atoms with E-state index in [1.165, 1.54) is 11.0 Å². The van der Waals surface area contributed by atoms with Crippen molar-refractivity contribution in [2.24, 2.45) is 0 Å². The number of non-ortho nitro benzene ring substituents is 1. The Morgan fingerprint density at radius 3 is 2.59 bits per heavy atom. The lowest BCUT2D eigenvalue weighted by molar-refractivity contribution is -0.384. The molecular formula is C21H19ClN4O6. The number of amides is 1. The fraction of sp³-hybridized carbons (Fsp3) is 0.238. The summed E-state index contributed by atoms with van der Waals surface area (Å²) in [5.74, 6) is -1.14. The lowest BCUT2D eigenvalue weighted by atomic mass is 10.1. The standard InChI is InChI=1S/C21H19ClN4O6/c1-3-6-25(11-18-23-17-10-14(22)4-5-16(17)19(27)24-18)20(28)12-7-13(21(29)32-2)9-15(8-12)26(30)31/h4-5,7-10H,3,6,11H2,1-2H3,(H,23,24,27). The minimum absolute atomic E-state index is 0.0549. The number of methoxy groups -OCH3 is 1. The molecular weight excluding hydrogens is 440 g/mol. The van der Waals surface area contributed by atoms with Crippen molar-refractivity contribution >= 4 is 40.1 Å². The molecule has 0 spiro atoms. The molecule has 3 aromatic rings. The number of carbonyl (C=O) groups is 2. The Labute approximate surface area is 186 Å². The SMILES string of the molecule is CCCN(Cc1nc2cc(Cl)ccc2c(=O)[nH]1)C(=O)c1cc(C(=O)OC)cc([N+](=O)[O-])c1. The van der Waals surface area contributed by atoms with Crippen LogP contribution in [0.5, 0.6) is 0 Å². The van der Waals surface area contributed by atoms with Gasteiger partial charge in [-0.15, -0.1) is 0 Å². The van der Waals surface area contributed by atoms with Crippen LogP contribution in [0.1, 0.15) is 39.9 Å². The van der Waals surface area contributed by atoms with Crippen molar-refractivity contribution in [1.29, 1.82) is 0 Å². The number of nitro benzene ring substituents is 1. The molecule has 0 aliphatic rings. The van der Waals surface area contributed by atoms with Crippen LogP contribution in [-0.4, -0.2) is 45.3 Å². The highest BCUT2D eigenvalue weighted by atomic mass is 35.5. The number of aromatic nitrogens is 2. The number of hydrogen-bond acceptors (Lipinski definition) is 7. The Balaban J connectivity index is 2.00. The predicted octanol–water partition coefficient (Wildman–Crippen LogP) is 3.32. The minimum Gasteiger partial charge on any atom is -0.465 e. The number of H-pyrrole nitrogens is 1. The Hall–Kier alpha value is -3.79. The van der Waals surface area contributed by atoms with Crippen molar-refractivity contribution in [2.75, 3.05) is 13.7 Å². The van der Waals surface area contributed by atoms with Gasteiger partial charge >= 0.3 is 5.97 Å². The van der Waals surface area contributed by atoms with Crippen LogP contribution in [0.2, 0.25) is 5.02 Å². The largest absolute Gasteiger partial charge is 0.465 e. The summed E-state index contributed by atoms with van der Waals surface area (Å²) in [6.45, 7) is 2.08. The highest BCUT2D eigenvalue weighted by molar-refractivity contribution is 6.31. The molecule has 0 aliphatic heterocycles. The Kier molecular flexibility index (Phi) is 6.84. The number of carbonyl (C=O) groups excluding carboxylic acids is 2. The topological polar surface area (TPSA) is 136 Å². The maximum atomic E-state index is 13.2. The van der Waals surface area contributed by atoms with Crippen molar-refractivity contribution in [3.8, 4) is 0 Å². The second-order valence-electron chi connectivity index (χ2n) is 6.92. The monoisotopic (exact) mass is 458 g/mol. The first-order chi connectivity index (χ1) is 15.2. The molecule has 0 radical (unpaired) electrons. The number of rotatable bonds is 7. The van der Waals surface area contributed by atoms with Gasteiger partial charge in [-0.05, 0) is 30.7 Å². The molecule has 0 saturated heterocycles. The number of esters is 1. The Morgan fingerprint density at radius 1 is 1.22 bits per heavy atom. The summed E-state index contributed by atoms with van der Waals surface area (Å²) in [5, 5.41) is 12.0. The zero-order valence-corrected chi connectivity index (χ0v) is 18.0. The lowest BCUT2D eigenvalue weighted by Gasteiger charge is -2.22. The average Bonchev–Trinajstić information content (AvgIpc) is 2.77. The molecule has 11 heteroatoms. The number of halogens is 1. The second-order valence-corrected chi connectivity index (χ2v) is 7.35. The highest BCUT2D eigenvalue weighted by Crippen LogP contribution is 2.21. The minimum atomic E-state index is -0.804. The smallest absolute Gasteiger partial charge is 0.338 e. The van der Waals surface area contributed by atoms with E-state index in [1.807, 2.05) is 6.92 Å². The third kappa shape index (κ3) is 4.92. The number of aromatic amines is 1. The molecule has 10 nitrogen and oxygen atoms in total. The van der Waals surface area contributed by atoms with Gasteiger partial charge in [-0.25, -0.2) is 9.78 Å². The third-order valence-electron chi connectivity index (χ3n) is 4.64. The maximum Gasteiger partial charge on any atom is 0.338 e. The first-order valence-electron chi connectivity index (χ1n) is 9.59. The molecule has 0 aliphatic carbocycles. The van der Waals surface area contributed by atoms with Crippen molar-refractivity contribution in [3.05, 3.63) is 78.8 Å². The number of nitrogens with zero attached hydrogens (tertiary/aromatic N) is 3. The number of nitro groups is 1. The highest BCUT2D eigenvalue weighted by Gasteiger charge is 2.23. The maximum absolute atomic E-state index is 13.2. The van der Waals surface area contributed by atoms with Crippen molar-refractivity contribution in [2.45, 2.75) is 19.9 Å². The summed E-state index contributed by atoms with van der Waals surface area (Å²) in [5.41, 5.74) is -0.593. The van der Waals surface area contributed by atoms with Crippen molar-refractivity contribution < 1.29 is 19.2 Å². The lowest BCUT2D eigenvalue weighted by Crippen LogP contribution is -2.33. The molecule has 32 heavy (non-hydrogen) atoms. The molecule has 0 bridgehead atoms. The predicted molar refractivity (Wildman–Crippen MR) is 117 cm³/mol. The van der Waals surface area contributed by atoms with Gasteiger partial charge in [0.05, 0.1) is 35.0 Å². The Morgan fingerprint density at radius 2 is 1.94 bits per heavy atom. The summed E-state index contributed by atoms with van der Waals surface area (Å²) in [6, 6.07) is 8.05. The molecule has 1 N–H and O–H groups in total. The van der Waals surface area contributed by atoms with Gasteiger partial charge in [0.1, 0.15) is 5.82 Å². The van der Waals surface area contributed by atoms with Gasteiger partial charge in [-0.3, -0.25) is 19.7 Å². The molecule has 3 rings (SSSR count). The summed E-state index contributed by atoms with van der Waals surface area (Å²) in [4.78, 5) is 56.5. The van der Waals surface area contributed by atoms with Gasteiger partial charge < -0.3 is 14.6 Å². The van der Waals surface area contributed by atoms with Gasteiger partial charge in [0.25, 0.3) is 17.2 Å². The number of fused-ring (bicyclic) bond motifs is 1. The first kappa shape index (κ1) is 22.9. The fourth-order valence-corrected chi connectivity index (χ4v) is 3.36. The number of benzene rings is 2. The molecule has 0 unspecified atom stereocenters. The van der Waals surface area contributed by atoms with Gasteiger partial charge in [0.15, 0.2) is 0 Å². The fourth-order valence-electron chi connectivity index (χ4n) is 3.20. The summed E-state index contributed by atoms with van der Waals surface area (Å²) in [6.07, 6.45) is 0.578. The van der Waals surface area contributed by atoms with Crippen LogP contribution in [0.3, 0.4) is 0 Å². The second kappa shape index (κ2) is 9.56. The van der Waals surface area contributed by atoms with E-state index in [0.717, 1.165) is 19.2 Å². The van der Waals surface area contributed by atoms with E-state index in [-0.39, 0.29) is 35.6 Å². The number of ether oxygens (including phenoxy) is 1. The number of hydrogen-bond donors (Lipinski definition) is 1. The van der Waals surface area contributed by atoms with Gasteiger partial charge in [0.2, 0.25) is 0 Å². The van der Waals surface area contributed by atoms with Gasteiger partial charge in [0, 0.05) is 29.3 Å². The van der Waals surface area contributed by atoms with Crippen LogP contribution in [-0.2, 0) is 11.3 Å². The molecule has 0 fully saturated rings. The van der Waals surface area contributed by atoms with E-state index < -0.39 is 22.5 Å². The van der Waals surface area contributed by atoms with Crippen LogP contribution < -0.4 is 5.56 Å². The van der Waals surface area contributed by atoms with E-state index in [9.17, 15) is 24.5 Å². The van der Waals surface area contributed by atoms with Crippen LogP contribution in [0.25, 0.3) is 10.9 Å². The van der Waals surface area contributed by atoms with Crippen LogP contribution in [0, 0.1) is 10.1 Å². The Bertz CT molecular complexity index is 1270. The van der Waals surface area contributed by atoms with E-state index >= 15 is 0 Å².